The summed E-state index contributed by atoms with van der Waals surface area (Å²) >= 11 is 0. The molecular weight excluding hydrogens is 372 g/mol. The first kappa shape index (κ1) is 22.4. The molecule has 2 aromatic carbocycles. The Morgan fingerprint density at radius 2 is 1.61 bits per heavy atom. The van der Waals surface area contributed by atoms with E-state index in [2.05, 4.69) is 57.2 Å². The van der Waals surface area contributed by atoms with Crippen LogP contribution in [0.4, 0.5) is 0 Å². The van der Waals surface area contributed by atoms with Gasteiger partial charge in [-0.3, -0.25) is 0 Å². The van der Waals surface area contributed by atoms with Crippen LogP contribution in [0, 0.1) is 11.8 Å². The Hall–Kier alpha value is -1.82. The first-order chi connectivity index (χ1) is 15.1. The fourth-order valence-corrected chi connectivity index (χ4v) is 6.03. The average molecular weight is 415 g/mol. The standard InChI is InChI=1S/C31H42/c1-5-7-9-12-25-15-17-28-27-18-16-26(19-24-13-10-8-11-14-24)21-29(27)23(4)31(22(3)6-2)30(28)20-25/h15-18,20-22,24,31H,4-14,19H2,1-3H3/t22-,31?/m0/s1. The van der Waals surface area contributed by atoms with Crippen molar-refractivity contribution in [1.82, 2.24) is 0 Å². The zero-order valence-electron chi connectivity index (χ0n) is 20.2. The molecule has 0 bridgehead atoms. The van der Waals surface area contributed by atoms with Gasteiger partial charge < -0.3 is 0 Å². The molecule has 4 rings (SSSR count). The van der Waals surface area contributed by atoms with E-state index in [0.717, 1.165) is 5.92 Å². The summed E-state index contributed by atoms with van der Waals surface area (Å²) in [4.78, 5) is 0. The smallest absolute Gasteiger partial charge is 0.0121 e. The second-order valence-corrected chi connectivity index (χ2v) is 10.4. The topological polar surface area (TPSA) is 0 Å². The highest BCUT2D eigenvalue weighted by molar-refractivity contribution is 5.90. The average Bonchev–Trinajstić information content (AvgIpc) is 2.80. The van der Waals surface area contributed by atoms with Gasteiger partial charge in [0.25, 0.3) is 0 Å². The Morgan fingerprint density at radius 1 is 0.871 bits per heavy atom. The minimum Gasteiger partial charge on any atom is -0.0946 e. The maximum absolute atomic E-state index is 4.70. The molecule has 1 fully saturated rings. The molecule has 2 aliphatic carbocycles. The van der Waals surface area contributed by atoms with Gasteiger partial charge in [-0.25, -0.2) is 0 Å². The summed E-state index contributed by atoms with van der Waals surface area (Å²) in [5.41, 5.74) is 10.2. The minimum absolute atomic E-state index is 0.448. The molecule has 2 aromatic rings. The molecular formula is C31H42. The summed E-state index contributed by atoms with van der Waals surface area (Å²) in [6.07, 6.45) is 14.7. The molecule has 2 atom stereocenters. The van der Waals surface area contributed by atoms with E-state index in [1.165, 1.54) is 110 Å². The summed E-state index contributed by atoms with van der Waals surface area (Å²) in [7, 11) is 0. The van der Waals surface area contributed by atoms with E-state index in [4.69, 9.17) is 6.58 Å². The lowest BCUT2D eigenvalue weighted by atomic mass is 9.69. The first-order valence-electron chi connectivity index (χ1n) is 13.1. The minimum atomic E-state index is 0.448. The van der Waals surface area contributed by atoms with Crippen LogP contribution in [-0.4, -0.2) is 0 Å². The zero-order chi connectivity index (χ0) is 21.8. The number of fused-ring (bicyclic) bond motifs is 3. The normalized spacial score (nSPS) is 19.7. The van der Waals surface area contributed by atoms with Gasteiger partial charge in [-0.05, 0) is 70.1 Å². The summed E-state index contributed by atoms with van der Waals surface area (Å²) < 4.78 is 0. The van der Waals surface area contributed by atoms with Crippen molar-refractivity contribution < 1.29 is 0 Å². The van der Waals surface area contributed by atoms with Gasteiger partial charge in [0.15, 0.2) is 0 Å². The van der Waals surface area contributed by atoms with E-state index in [-0.39, 0.29) is 0 Å². The monoisotopic (exact) mass is 414 g/mol. The van der Waals surface area contributed by atoms with Crippen molar-refractivity contribution in [3.63, 3.8) is 0 Å². The van der Waals surface area contributed by atoms with Crippen LogP contribution in [0.25, 0.3) is 16.7 Å². The summed E-state index contributed by atoms with van der Waals surface area (Å²) in [5.74, 6) is 1.95. The number of hydrogen-bond donors (Lipinski definition) is 0. The van der Waals surface area contributed by atoms with Gasteiger partial charge in [-0.1, -0.05) is 115 Å². The van der Waals surface area contributed by atoms with Crippen LogP contribution in [0.1, 0.15) is 107 Å². The quantitative estimate of drug-likeness (QED) is 0.377. The Balaban J connectivity index is 1.69. The Kier molecular flexibility index (Phi) is 7.36. The number of benzene rings is 2. The largest absolute Gasteiger partial charge is 0.0946 e. The number of aryl methyl sites for hydroxylation is 1. The van der Waals surface area contributed by atoms with Crippen molar-refractivity contribution in [3.05, 3.63) is 65.2 Å². The zero-order valence-corrected chi connectivity index (χ0v) is 20.2. The molecule has 1 unspecified atom stereocenters. The molecule has 0 aliphatic heterocycles. The van der Waals surface area contributed by atoms with Crippen molar-refractivity contribution in [2.75, 3.05) is 0 Å². The van der Waals surface area contributed by atoms with Crippen LogP contribution in [0.2, 0.25) is 0 Å². The predicted octanol–water partition coefficient (Wildman–Crippen LogP) is 9.37. The van der Waals surface area contributed by atoms with Crippen LogP contribution < -0.4 is 0 Å². The first-order valence-corrected chi connectivity index (χ1v) is 13.1. The van der Waals surface area contributed by atoms with Crippen molar-refractivity contribution in [2.45, 2.75) is 97.3 Å². The lowest BCUT2D eigenvalue weighted by Crippen LogP contribution is -2.17. The van der Waals surface area contributed by atoms with E-state index >= 15 is 0 Å². The number of rotatable bonds is 8. The molecule has 31 heavy (non-hydrogen) atoms. The molecule has 0 heterocycles. The van der Waals surface area contributed by atoms with Gasteiger partial charge in [0.2, 0.25) is 0 Å². The van der Waals surface area contributed by atoms with Gasteiger partial charge in [-0.15, -0.1) is 0 Å². The molecule has 0 amide bonds. The summed E-state index contributed by atoms with van der Waals surface area (Å²) in [5, 5.41) is 0. The maximum atomic E-state index is 4.70. The third kappa shape index (κ3) is 4.84. The second kappa shape index (κ2) is 10.2. The maximum Gasteiger partial charge on any atom is 0.0121 e. The highest BCUT2D eigenvalue weighted by Crippen LogP contribution is 2.50. The lowest BCUT2D eigenvalue weighted by Gasteiger charge is -2.34. The molecule has 0 radical (unpaired) electrons. The van der Waals surface area contributed by atoms with Gasteiger partial charge in [0.05, 0.1) is 0 Å². The Labute approximate surface area is 191 Å². The van der Waals surface area contributed by atoms with E-state index < -0.39 is 0 Å². The van der Waals surface area contributed by atoms with E-state index in [1.807, 2.05) is 0 Å². The Bertz CT molecular complexity index is 896. The van der Waals surface area contributed by atoms with Gasteiger partial charge in [0.1, 0.15) is 0 Å². The SMILES string of the molecule is C=C1c2cc(CC3CCCCC3)ccc2-c2ccc(CCCCC)cc2C1[C@@H](C)CC. The summed E-state index contributed by atoms with van der Waals surface area (Å²) in [6.45, 7) is 11.7. The lowest BCUT2D eigenvalue weighted by molar-refractivity contribution is 0.356. The summed E-state index contributed by atoms with van der Waals surface area (Å²) in [6, 6.07) is 14.6. The fourth-order valence-electron chi connectivity index (χ4n) is 6.03. The van der Waals surface area contributed by atoms with Gasteiger partial charge in [0, 0.05) is 5.92 Å². The molecule has 0 aromatic heterocycles. The Morgan fingerprint density at radius 3 is 2.35 bits per heavy atom. The molecule has 2 aliphatic rings. The van der Waals surface area contributed by atoms with Crippen molar-refractivity contribution in [1.29, 1.82) is 0 Å². The van der Waals surface area contributed by atoms with Crippen molar-refractivity contribution >= 4 is 5.57 Å². The van der Waals surface area contributed by atoms with Crippen LogP contribution in [-0.2, 0) is 12.8 Å². The van der Waals surface area contributed by atoms with E-state index in [0.29, 0.717) is 11.8 Å². The van der Waals surface area contributed by atoms with Crippen LogP contribution in [0.15, 0.2) is 43.0 Å². The molecule has 0 heteroatoms. The molecule has 1 saturated carbocycles. The predicted molar refractivity (Wildman–Crippen MR) is 137 cm³/mol. The van der Waals surface area contributed by atoms with E-state index in [9.17, 15) is 0 Å². The highest BCUT2D eigenvalue weighted by Gasteiger charge is 2.31. The molecule has 0 saturated heterocycles. The van der Waals surface area contributed by atoms with Crippen LogP contribution in [0.3, 0.4) is 0 Å². The van der Waals surface area contributed by atoms with E-state index in [1.54, 1.807) is 0 Å². The highest BCUT2D eigenvalue weighted by atomic mass is 14.3. The van der Waals surface area contributed by atoms with Crippen molar-refractivity contribution in [3.8, 4) is 11.1 Å². The van der Waals surface area contributed by atoms with Gasteiger partial charge in [-0.2, -0.15) is 0 Å². The number of unbranched alkanes of at least 4 members (excludes halogenated alkanes) is 2. The fraction of sp³-hybridized carbons (Fsp3) is 0.548. The second-order valence-electron chi connectivity index (χ2n) is 10.4. The number of allylic oxidation sites excluding steroid dienone is 1. The molecule has 0 nitrogen and oxygen atoms in total. The van der Waals surface area contributed by atoms with Gasteiger partial charge >= 0.3 is 0 Å². The van der Waals surface area contributed by atoms with Crippen molar-refractivity contribution in [2.24, 2.45) is 11.8 Å². The molecule has 166 valence electrons. The van der Waals surface area contributed by atoms with Crippen LogP contribution >= 0.6 is 0 Å². The third-order valence-electron chi connectivity index (χ3n) is 8.08. The molecule has 0 N–H and O–H groups in total. The molecule has 0 spiro atoms. The van der Waals surface area contributed by atoms with Crippen LogP contribution in [0.5, 0.6) is 0 Å². The third-order valence-corrected chi connectivity index (χ3v) is 8.08. The number of hydrogen-bond acceptors (Lipinski definition) is 0.